The monoisotopic (exact) mass is 477 g/mol. The van der Waals surface area contributed by atoms with Crippen LogP contribution in [0.3, 0.4) is 0 Å². The van der Waals surface area contributed by atoms with Crippen molar-refractivity contribution < 1.29 is 34.0 Å². The highest BCUT2D eigenvalue weighted by Gasteiger charge is 2.29. The minimum absolute atomic E-state index is 0.0550. The predicted molar refractivity (Wildman–Crippen MR) is 127 cm³/mol. The number of alkyl carbamates (subject to hydrolysis) is 1. The number of benzene rings is 3. The second-order valence-electron chi connectivity index (χ2n) is 8.17. The molecule has 180 valence electrons. The van der Waals surface area contributed by atoms with Crippen LogP contribution in [0.1, 0.15) is 34.3 Å². The Bertz CT molecular complexity index is 1230. The number of hydrogen-bond acceptors (Lipinski definition) is 5. The van der Waals surface area contributed by atoms with Crippen LogP contribution < -0.4 is 5.32 Å². The van der Waals surface area contributed by atoms with Gasteiger partial charge in [-0.25, -0.2) is 14.0 Å². The second kappa shape index (κ2) is 10.5. The van der Waals surface area contributed by atoms with Crippen LogP contribution in [0.5, 0.6) is 0 Å². The number of carbonyl (C=O) groups excluding carboxylic acids is 1. The summed E-state index contributed by atoms with van der Waals surface area (Å²) in [4.78, 5) is 23.0. The number of aliphatic hydroxyl groups is 2. The second-order valence-corrected chi connectivity index (χ2v) is 8.17. The first-order valence-electron chi connectivity index (χ1n) is 11.0. The van der Waals surface area contributed by atoms with E-state index in [1.807, 2.05) is 48.5 Å². The van der Waals surface area contributed by atoms with Crippen LogP contribution in [0.25, 0.3) is 17.2 Å². The van der Waals surface area contributed by atoms with Crippen molar-refractivity contribution in [3.05, 3.63) is 101 Å². The number of hydrogen-bond donors (Lipinski definition) is 4. The number of carboxylic acids is 1. The van der Waals surface area contributed by atoms with E-state index in [1.54, 1.807) is 0 Å². The molecular formula is C27H24FNO6. The summed E-state index contributed by atoms with van der Waals surface area (Å²) < 4.78 is 19.3. The lowest BCUT2D eigenvalue weighted by Crippen LogP contribution is -2.36. The van der Waals surface area contributed by atoms with Crippen LogP contribution in [0.2, 0.25) is 0 Å². The van der Waals surface area contributed by atoms with E-state index in [0.29, 0.717) is 0 Å². The number of aliphatic hydroxyl groups excluding tert-OH is 2. The summed E-state index contributed by atoms with van der Waals surface area (Å²) in [6.45, 7) is -0.203. The number of nitrogens with one attached hydrogen (secondary N) is 1. The van der Waals surface area contributed by atoms with Gasteiger partial charge in [-0.05, 0) is 46.0 Å². The molecule has 3 aromatic rings. The molecule has 3 aromatic carbocycles. The molecule has 35 heavy (non-hydrogen) atoms. The zero-order valence-corrected chi connectivity index (χ0v) is 18.6. The fourth-order valence-corrected chi connectivity index (χ4v) is 4.21. The Morgan fingerprint density at radius 1 is 1.00 bits per heavy atom. The number of halogens is 1. The lowest BCUT2D eigenvalue weighted by Gasteiger charge is -2.20. The van der Waals surface area contributed by atoms with E-state index in [-0.39, 0.29) is 30.2 Å². The van der Waals surface area contributed by atoms with E-state index in [2.05, 4.69) is 5.32 Å². The molecule has 0 spiro atoms. The average Bonchev–Trinajstić information content (AvgIpc) is 3.18. The molecule has 7 nitrogen and oxygen atoms in total. The van der Waals surface area contributed by atoms with Crippen LogP contribution in [-0.2, 0) is 9.53 Å². The quantitative estimate of drug-likeness (QED) is 0.366. The maximum Gasteiger partial charge on any atom is 0.407 e. The predicted octanol–water partition coefficient (Wildman–Crippen LogP) is 3.86. The van der Waals surface area contributed by atoms with Crippen molar-refractivity contribution in [1.82, 2.24) is 5.32 Å². The van der Waals surface area contributed by atoms with Gasteiger partial charge < -0.3 is 25.4 Å². The van der Waals surface area contributed by atoms with Crippen molar-refractivity contribution in [3.8, 4) is 11.1 Å². The first kappa shape index (κ1) is 24.1. The Morgan fingerprint density at radius 3 is 2.26 bits per heavy atom. The molecule has 1 amide bonds. The van der Waals surface area contributed by atoms with Crippen LogP contribution >= 0.6 is 0 Å². The van der Waals surface area contributed by atoms with E-state index in [1.165, 1.54) is 12.1 Å². The normalized spacial score (nSPS) is 14.3. The molecule has 0 aliphatic heterocycles. The third-order valence-electron chi connectivity index (χ3n) is 5.93. The van der Waals surface area contributed by atoms with Gasteiger partial charge in [-0.15, -0.1) is 0 Å². The van der Waals surface area contributed by atoms with Gasteiger partial charge in [-0.1, -0.05) is 54.6 Å². The molecule has 4 rings (SSSR count). The van der Waals surface area contributed by atoms with Gasteiger partial charge in [0.2, 0.25) is 0 Å². The summed E-state index contributed by atoms with van der Waals surface area (Å²) in [5, 5.41) is 31.9. The fourth-order valence-electron chi connectivity index (χ4n) is 4.21. The molecule has 2 unspecified atom stereocenters. The van der Waals surface area contributed by atoms with Gasteiger partial charge in [-0.2, -0.15) is 0 Å². The summed E-state index contributed by atoms with van der Waals surface area (Å²) in [6.07, 6.45) is -1.78. The standard InChI is InChI=1S/C27H24FNO6/c28-23-11-9-17(13-16(23)10-12-25(31)32)26(33)24(30)14-29-27(34)35-15-22-20-7-3-1-5-18(20)19-6-2-4-8-21(19)22/h1-13,22,24,26,30,33H,14-15H2,(H,29,34)(H,31,32)/b12-10+. The van der Waals surface area contributed by atoms with Crippen LogP contribution in [0.15, 0.2) is 72.8 Å². The number of carboxylic acid groups (broad SMARTS) is 1. The first-order chi connectivity index (χ1) is 16.8. The Hall–Kier alpha value is -4.01. The lowest BCUT2D eigenvalue weighted by atomic mass is 9.98. The molecule has 0 saturated heterocycles. The lowest BCUT2D eigenvalue weighted by molar-refractivity contribution is -0.131. The summed E-state index contributed by atoms with van der Waals surface area (Å²) in [6, 6.07) is 19.4. The molecule has 1 aliphatic carbocycles. The highest BCUT2D eigenvalue weighted by atomic mass is 19.1. The third kappa shape index (κ3) is 5.40. The maximum atomic E-state index is 13.9. The molecule has 1 aliphatic rings. The van der Waals surface area contributed by atoms with Crippen molar-refractivity contribution in [2.24, 2.45) is 0 Å². The molecule has 8 heteroatoms. The van der Waals surface area contributed by atoms with Gasteiger partial charge in [0.05, 0.1) is 0 Å². The van der Waals surface area contributed by atoms with Gasteiger partial charge in [0.25, 0.3) is 0 Å². The largest absolute Gasteiger partial charge is 0.478 e. The van der Waals surface area contributed by atoms with Crippen molar-refractivity contribution in [1.29, 1.82) is 0 Å². The smallest absolute Gasteiger partial charge is 0.407 e. The number of aliphatic carboxylic acids is 1. The number of ether oxygens (including phenoxy) is 1. The molecule has 4 N–H and O–H groups in total. The Kier molecular flexibility index (Phi) is 7.24. The summed E-state index contributed by atoms with van der Waals surface area (Å²) in [5.41, 5.74) is 4.46. The molecule has 0 bridgehead atoms. The van der Waals surface area contributed by atoms with Gasteiger partial charge in [-0.3, -0.25) is 0 Å². The van der Waals surface area contributed by atoms with Gasteiger partial charge in [0, 0.05) is 24.1 Å². The van der Waals surface area contributed by atoms with Crippen molar-refractivity contribution in [3.63, 3.8) is 0 Å². The zero-order valence-electron chi connectivity index (χ0n) is 18.6. The van der Waals surface area contributed by atoms with Crippen LogP contribution in [-0.4, -0.2) is 46.6 Å². The molecule has 0 aromatic heterocycles. The highest BCUT2D eigenvalue weighted by molar-refractivity contribution is 5.85. The molecule has 2 atom stereocenters. The Balaban J connectivity index is 1.34. The number of amides is 1. The van der Waals surface area contributed by atoms with Crippen molar-refractivity contribution >= 4 is 18.1 Å². The summed E-state index contributed by atoms with van der Waals surface area (Å²) in [7, 11) is 0. The van der Waals surface area contributed by atoms with Gasteiger partial charge in [0.15, 0.2) is 0 Å². The minimum Gasteiger partial charge on any atom is -0.478 e. The topological polar surface area (TPSA) is 116 Å². The van der Waals surface area contributed by atoms with Gasteiger partial charge >= 0.3 is 12.1 Å². The first-order valence-corrected chi connectivity index (χ1v) is 11.0. The molecular weight excluding hydrogens is 453 g/mol. The van der Waals surface area contributed by atoms with Crippen molar-refractivity contribution in [2.45, 2.75) is 18.1 Å². The van der Waals surface area contributed by atoms with Gasteiger partial charge in [0.1, 0.15) is 24.6 Å². The van der Waals surface area contributed by atoms with E-state index in [4.69, 9.17) is 9.84 Å². The number of fused-ring (bicyclic) bond motifs is 3. The van der Waals surface area contributed by atoms with E-state index in [0.717, 1.165) is 40.5 Å². The summed E-state index contributed by atoms with van der Waals surface area (Å²) in [5.74, 6) is -2.03. The number of carbonyl (C=O) groups is 2. The molecule has 0 radical (unpaired) electrons. The molecule has 0 fully saturated rings. The molecule has 0 heterocycles. The van der Waals surface area contributed by atoms with Crippen molar-refractivity contribution in [2.75, 3.05) is 13.2 Å². The summed E-state index contributed by atoms with van der Waals surface area (Å²) >= 11 is 0. The SMILES string of the molecule is O=C(O)/C=C/c1cc(C(O)C(O)CNC(=O)OCC2c3ccccc3-c3ccccc32)ccc1F. The number of rotatable bonds is 8. The highest BCUT2D eigenvalue weighted by Crippen LogP contribution is 2.44. The fraction of sp³-hybridized carbons (Fsp3) is 0.185. The Morgan fingerprint density at radius 2 is 1.63 bits per heavy atom. The van der Waals surface area contributed by atoms with E-state index >= 15 is 0 Å². The maximum absolute atomic E-state index is 13.9. The van der Waals surface area contributed by atoms with E-state index in [9.17, 15) is 24.2 Å². The average molecular weight is 477 g/mol. The minimum atomic E-state index is -1.44. The zero-order chi connectivity index (χ0) is 24.9. The molecule has 0 saturated carbocycles. The van der Waals surface area contributed by atoms with E-state index < -0.39 is 30.1 Å². The van der Waals surface area contributed by atoms with Crippen LogP contribution in [0, 0.1) is 5.82 Å². The Labute approximate surface area is 201 Å². The van der Waals surface area contributed by atoms with Crippen LogP contribution in [0.4, 0.5) is 9.18 Å². The third-order valence-corrected chi connectivity index (χ3v) is 5.93.